The normalized spacial score (nSPS) is 10.4. The molecule has 70 valence electrons. The van der Waals surface area contributed by atoms with Gasteiger partial charge in [-0.25, -0.2) is 0 Å². The second-order valence-electron chi connectivity index (χ2n) is 3.04. The molecule has 0 atom stereocenters. The number of amides is 1. The summed E-state index contributed by atoms with van der Waals surface area (Å²) in [5.74, 6) is -0.499. The first-order valence-corrected chi connectivity index (χ1v) is 4.54. The molecule has 0 radical (unpaired) electrons. The minimum atomic E-state index is -0.499. The Labute approximate surface area is 86.3 Å². The van der Waals surface area contributed by atoms with Crippen LogP contribution in [0.15, 0.2) is 36.4 Å². The summed E-state index contributed by atoms with van der Waals surface area (Å²) in [6.07, 6.45) is 0. The van der Waals surface area contributed by atoms with Gasteiger partial charge in [0.2, 0.25) is 5.91 Å². The van der Waals surface area contributed by atoms with E-state index in [9.17, 15) is 4.79 Å². The standard InChI is InChI=1S/C11H8ClNO/c12-10-6-8-4-2-1-3-7(8)5-9(10)11(13)14/h1-6H,(H2,13,14). The monoisotopic (exact) mass is 205 g/mol. The Kier molecular flexibility index (Phi) is 2.14. The third kappa shape index (κ3) is 1.44. The van der Waals surface area contributed by atoms with E-state index in [4.69, 9.17) is 17.3 Å². The molecule has 0 aliphatic heterocycles. The molecule has 0 spiro atoms. The molecule has 0 heterocycles. The van der Waals surface area contributed by atoms with E-state index in [1.54, 1.807) is 12.1 Å². The van der Waals surface area contributed by atoms with Crippen molar-refractivity contribution in [3.05, 3.63) is 47.0 Å². The third-order valence-electron chi connectivity index (χ3n) is 2.10. The molecule has 1 amide bonds. The fourth-order valence-corrected chi connectivity index (χ4v) is 1.67. The summed E-state index contributed by atoms with van der Waals surface area (Å²) in [5, 5.41) is 2.37. The molecule has 2 rings (SSSR count). The summed E-state index contributed by atoms with van der Waals surface area (Å²) in [5.41, 5.74) is 5.55. The van der Waals surface area contributed by atoms with E-state index in [2.05, 4.69) is 0 Å². The van der Waals surface area contributed by atoms with Crippen LogP contribution in [0.1, 0.15) is 10.4 Å². The maximum absolute atomic E-state index is 11.0. The SMILES string of the molecule is NC(=O)c1cc2ccccc2cc1Cl. The van der Waals surface area contributed by atoms with Crippen LogP contribution in [0.4, 0.5) is 0 Å². The molecule has 0 aromatic heterocycles. The fourth-order valence-electron chi connectivity index (χ4n) is 1.40. The highest BCUT2D eigenvalue weighted by atomic mass is 35.5. The summed E-state index contributed by atoms with van der Waals surface area (Å²) in [7, 11) is 0. The first-order chi connectivity index (χ1) is 6.68. The number of nitrogens with two attached hydrogens (primary N) is 1. The number of benzene rings is 2. The topological polar surface area (TPSA) is 43.1 Å². The summed E-state index contributed by atoms with van der Waals surface area (Å²) < 4.78 is 0. The molecule has 0 saturated carbocycles. The highest BCUT2D eigenvalue weighted by Crippen LogP contribution is 2.23. The van der Waals surface area contributed by atoms with Gasteiger partial charge in [-0.3, -0.25) is 4.79 Å². The van der Waals surface area contributed by atoms with Gasteiger partial charge in [-0.15, -0.1) is 0 Å². The second kappa shape index (κ2) is 3.31. The lowest BCUT2D eigenvalue weighted by Crippen LogP contribution is -2.11. The summed E-state index contributed by atoms with van der Waals surface area (Å²) in [6, 6.07) is 11.1. The number of halogens is 1. The van der Waals surface area contributed by atoms with Crippen LogP contribution in [0.3, 0.4) is 0 Å². The first-order valence-electron chi connectivity index (χ1n) is 4.16. The van der Waals surface area contributed by atoms with Gasteiger partial charge in [0.05, 0.1) is 10.6 Å². The van der Waals surface area contributed by atoms with Crippen LogP contribution in [0.5, 0.6) is 0 Å². The van der Waals surface area contributed by atoms with Crippen LogP contribution in [-0.4, -0.2) is 5.91 Å². The van der Waals surface area contributed by atoms with Crippen molar-refractivity contribution >= 4 is 28.3 Å². The van der Waals surface area contributed by atoms with Gasteiger partial charge in [-0.2, -0.15) is 0 Å². The molecule has 0 fully saturated rings. The lowest BCUT2D eigenvalue weighted by Gasteiger charge is -2.02. The molecule has 2 nitrogen and oxygen atoms in total. The van der Waals surface area contributed by atoms with Crippen molar-refractivity contribution in [3.63, 3.8) is 0 Å². The van der Waals surface area contributed by atoms with Crippen molar-refractivity contribution in [2.75, 3.05) is 0 Å². The lowest BCUT2D eigenvalue weighted by atomic mass is 10.1. The van der Waals surface area contributed by atoms with Crippen LogP contribution >= 0.6 is 11.6 Å². The summed E-state index contributed by atoms with van der Waals surface area (Å²) in [6.45, 7) is 0. The quantitative estimate of drug-likeness (QED) is 0.764. The summed E-state index contributed by atoms with van der Waals surface area (Å²) in [4.78, 5) is 11.0. The number of hydrogen-bond acceptors (Lipinski definition) is 1. The molecular formula is C11H8ClNO. The molecule has 0 aliphatic carbocycles. The van der Waals surface area contributed by atoms with E-state index in [0.717, 1.165) is 10.8 Å². The second-order valence-corrected chi connectivity index (χ2v) is 3.45. The van der Waals surface area contributed by atoms with Gasteiger partial charge < -0.3 is 5.73 Å². The number of carbonyl (C=O) groups is 1. The average molecular weight is 206 g/mol. The van der Waals surface area contributed by atoms with Crippen LogP contribution in [0.25, 0.3) is 10.8 Å². The lowest BCUT2D eigenvalue weighted by molar-refractivity contribution is 0.100. The maximum Gasteiger partial charge on any atom is 0.250 e. The number of primary amides is 1. The molecule has 0 unspecified atom stereocenters. The van der Waals surface area contributed by atoms with Gasteiger partial charge in [0.1, 0.15) is 0 Å². The van der Waals surface area contributed by atoms with Crippen molar-refractivity contribution in [2.24, 2.45) is 5.73 Å². The van der Waals surface area contributed by atoms with E-state index >= 15 is 0 Å². The van der Waals surface area contributed by atoms with Crippen molar-refractivity contribution in [3.8, 4) is 0 Å². The van der Waals surface area contributed by atoms with Gasteiger partial charge in [-0.1, -0.05) is 35.9 Å². The zero-order valence-electron chi connectivity index (χ0n) is 7.33. The van der Waals surface area contributed by atoms with Gasteiger partial charge in [0.15, 0.2) is 0 Å². The maximum atomic E-state index is 11.0. The van der Waals surface area contributed by atoms with Crippen LogP contribution in [0, 0.1) is 0 Å². The van der Waals surface area contributed by atoms with E-state index in [1.807, 2.05) is 24.3 Å². The first kappa shape index (κ1) is 9.03. The number of rotatable bonds is 1. The minimum Gasteiger partial charge on any atom is -0.366 e. The van der Waals surface area contributed by atoms with E-state index < -0.39 is 5.91 Å². The molecule has 3 heteroatoms. The van der Waals surface area contributed by atoms with Crippen LogP contribution in [-0.2, 0) is 0 Å². The van der Waals surface area contributed by atoms with Crippen LogP contribution < -0.4 is 5.73 Å². The molecule has 2 N–H and O–H groups in total. The van der Waals surface area contributed by atoms with Gasteiger partial charge in [0, 0.05) is 0 Å². The Morgan fingerprint density at radius 2 is 1.71 bits per heavy atom. The molecule has 2 aromatic rings. The highest BCUT2D eigenvalue weighted by Gasteiger charge is 2.07. The Morgan fingerprint density at radius 1 is 1.14 bits per heavy atom. The minimum absolute atomic E-state index is 0.366. The Hall–Kier alpha value is -1.54. The number of carbonyl (C=O) groups excluding carboxylic acids is 1. The molecule has 0 saturated heterocycles. The average Bonchev–Trinajstić information content (AvgIpc) is 2.16. The van der Waals surface area contributed by atoms with E-state index in [1.165, 1.54) is 0 Å². The Balaban J connectivity index is 2.77. The highest BCUT2D eigenvalue weighted by molar-refractivity contribution is 6.34. The Bertz CT molecular complexity index is 508. The Morgan fingerprint density at radius 3 is 2.29 bits per heavy atom. The molecule has 0 bridgehead atoms. The largest absolute Gasteiger partial charge is 0.366 e. The van der Waals surface area contributed by atoms with Crippen molar-refractivity contribution in [2.45, 2.75) is 0 Å². The van der Waals surface area contributed by atoms with Crippen molar-refractivity contribution < 1.29 is 4.79 Å². The zero-order valence-corrected chi connectivity index (χ0v) is 8.08. The van der Waals surface area contributed by atoms with Crippen molar-refractivity contribution in [1.82, 2.24) is 0 Å². The number of hydrogen-bond donors (Lipinski definition) is 1. The fraction of sp³-hybridized carbons (Fsp3) is 0. The van der Waals surface area contributed by atoms with Gasteiger partial charge in [0.25, 0.3) is 0 Å². The van der Waals surface area contributed by atoms with Gasteiger partial charge in [-0.05, 0) is 22.9 Å². The zero-order chi connectivity index (χ0) is 10.1. The molecule has 14 heavy (non-hydrogen) atoms. The third-order valence-corrected chi connectivity index (χ3v) is 2.41. The smallest absolute Gasteiger partial charge is 0.250 e. The predicted molar refractivity (Wildman–Crippen MR) is 57.5 cm³/mol. The van der Waals surface area contributed by atoms with Crippen LogP contribution in [0.2, 0.25) is 5.02 Å². The summed E-state index contributed by atoms with van der Waals surface area (Å²) >= 11 is 5.90. The van der Waals surface area contributed by atoms with E-state index in [-0.39, 0.29) is 0 Å². The molecular weight excluding hydrogens is 198 g/mol. The van der Waals surface area contributed by atoms with Crippen molar-refractivity contribution in [1.29, 1.82) is 0 Å². The van der Waals surface area contributed by atoms with Gasteiger partial charge >= 0.3 is 0 Å². The molecule has 0 aliphatic rings. The predicted octanol–water partition coefficient (Wildman–Crippen LogP) is 2.59. The number of fused-ring (bicyclic) bond motifs is 1. The van der Waals surface area contributed by atoms with E-state index in [0.29, 0.717) is 10.6 Å². The molecule has 2 aromatic carbocycles.